The lowest BCUT2D eigenvalue weighted by Gasteiger charge is -2.32. The summed E-state index contributed by atoms with van der Waals surface area (Å²) in [6.07, 6.45) is 10.9. The zero-order valence-electron chi connectivity index (χ0n) is 15.7. The van der Waals surface area contributed by atoms with Gasteiger partial charge in [0.25, 0.3) is 5.91 Å². The molecule has 142 valence electrons. The number of imidazole rings is 1. The van der Waals surface area contributed by atoms with E-state index in [2.05, 4.69) is 20.3 Å². The third-order valence-corrected chi connectivity index (χ3v) is 5.16. The van der Waals surface area contributed by atoms with E-state index in [4.69, 9.17) is 0 Å². The molecule has 9 heteroatoms. The third-order valence-electron chi connectivity index (χ3n) is 5.16. The maximum absolute atomic E-state index is 12.8. The van der Waals surface area contributed by atoms with Gasteiger partial charge in [-0.25, -0.2) is 4.98 Å². The largest absolute Gasteiger partial charge is 0.338 e. The fraction of sp³-hybridized carbons (Fsp3) is 0.500. The highest BCUT2D eigenvalue weighted by atomic mass is 16.2. The van der Waals surface area contributed by atoms with Gasteiger partial charge in [-0.3, -0.25) is 9.48 Å². The molecule has 1 fully saturated rings. The number of aromatic nitrogens is 7. The van der Waals surface area contributed by atoms with Gasteiger partial charge in [0.05, 0.1) is 24.6 Å². The molecule has 0 N–H and O–H groups in total. The summed E-state index contributed by atoms with van der Waals surface area (Å²) in [5.41, 5.74) is 0.649. The minimum absolute atomic E-state index is 0.0419. The number of rotatable bonds is 5. The average molecular weight is 368 g/mol. The predicted octanol–water partition coefficient (Wildman–Crippen LogP) is 1.30. The quantitative estimate of drug-likeness (QED) is 0.677. The number of aryl methyl sites for hydroxylation is 1. The van der Waals surface area contributed by atoms with E-state index in [1.54, 1.807) is 23.4 Å². The standard InChI is InChI=1S/C18H24N8O/c1-3-26-11-15(9-20-26)18(27)25-7-4-5-14(10-25)17-22-21-16(23(17)2)12-24-8-6-19-13-24/h6,8-9,11,13-14H,3-5,7,10,12H2,1-2H3. The molecule has 1 atom stereocenters. The molecule has 27 heavy (non-hydrogen) atoms. The Balaban J connectivity index is 1.48. The van der Waals surface area contributed by atoms with Crippen LogP contribution in [0.15, 0.2) is 31.1 Å². The highest BCUT2D eigenvalue weighted by Gasteiger charge is 2.29. The Morgan fingerprint density at radius 3 is 2.96 bits per heavy atom. The number of hydrogen-bond acceptors (Lipinski definition) is 5. The molecule has 1 aliphatic rings. The molecule has 0 saturated carbocycles. The van der Waals surface area contributed by atoms with E-state index in [-0.39, 0.29) is 11.8 Å². The summed E-state index contributed by atoms with van der Waals surface area (Å²) >= 11 is 0. The maximum Gasteiger partial charge on any atom is 0.257 e. The van der Waals surface area contributed by atoms with Crippen LogP contribution >= 0.6 is 0 Å². The molecule has 4 heterocycles. The number of carbonyl (C=O) groups is 1. The number of piperidine rings is 1. The molecular formula is C18H24N8O. The van der Waals surface area contributed by atoms with Gasteiger partial charge in [0.2, 0.25) is 0 Å². The van der Waals surface area contributed by atoms with Crippen molar-refractivity contribution in [1.29, 1.82) is 0 Å². The SMILES string of the molecule is CCn1cc(C(=O)N2CCCC(c3nnc(Cn4ccnc4)n3C)C2)cn1. The van der Waals surface area contributed by atoms with Crippen molar-refractivity contribution in [3.63, 3.8) is 0 Å². The topological polar surface area (TPSA) is 86.7 Å². The van der Waals surface area contributed by atoms with Crippen LogP contribution < -0.4 is 0 Å². The van der Waals surface area contributed by atoms with Gasteiger partial charge in [-0.05, 0) is 19.8 Å². The Bertz CT molecular complexity index is 910. The minimum atomic E-state index is 0.0419. The van der Waals surface area contributed by atoms with Crippen molar-refractivity contribution in [2.24, 2.45) is 7.05 Å². The van der Waals surface area contributed by atoms with Crippen LogP contribution in [0.1, 0.15) is 47.7 Å². The van der Waals surface area contributed by atoms with Gasteiger partial charge in [0.1, 0.15) is 5.82 Å². The summed E-state index contributed by atoms with van der Waals surface area (Å²) in [5, 5.41) is 13.0. The second-order valence-electron chi connectivity index (χ2n) is 6.94. The third kappa shape index (κ3) is 3.49. The van der Waals surface area contributed by atoms with Crippen LogP contribution in [0.2, 0.25) is 0 Å². The molecule has 1 aliphatic heterocycles. The van der Waals surface area contributed by atoms with Gasteiger partial charge in [-0.1, -0.05) is 0 Å². The molecule has 0 bridgehead atoms. The van der Waals surface area contributed by atoms with Crippen LogP contribution in [-0.4, -0.2) is 58.0 Å². The lowest BCUT2D eigenvalue weighted by molar-refractivity contribution is 0.0703. The lowest BCUT2D eigenvalue weighted by Crippen LogP contribution is -2.39. The zero-order chi connectivity index (χ0) is 18.8. The van der Waals surface area contributed by atoms with E-state index in [0.29, 0.717) is 18.7 Å². The molecule has 3 aromatic heterocycles. The Hall–Kier alpha value is -2.97. The summed E-state index contributed by atoms with van der Waals surface area (Å²) in [4.78, 5) is 18.8. The first-order chi connectivity index (χ1) is 13.2. The molecule has 4 rings (SSSR count). The zero-order valence-corrected chi connectivity index (χ0v) is 15.7. The molecule has 9 nitrogen and oxygen atoms in total. The van der Waals surface area contributed by atoms with E-state index in [9.17, 15) is 4.79 Å². The van der Waals surface area contributed by atoms with Crippen molar-refractivity contribution in [1.82, 2.24) is 39.0 Å². The first-order valence-corrected chi connectivity index (χ1v) is 9.31. The first-order valence-electron chi connectivity index (χ1n) is 9.31. The van der Waals surface area contributed by atoms with Gasteiger partial charge < -0.3 is 14.0 Å². The second-order valence-corrected chi connectivity index (χ2v) is 6.94. The Morgan fingerprint density at radius 1 is 1.33 bits per heavy atom. The van der Waals surface area contributed by atoms with Crippen molar-refractivity contribution < 1.29 is 4.79 Å². The number of amides is 1. The van der Waals surface area contributed by atoms with E-state index in [0.717, 1.165) is 37.6 Å². The van der Waals surface area contributed by atoms with Crippen molar-refractivity contribution >= 4 is 5.91 Å². The summed E-state index contributed by atoms with van der Waals surface area (Å²) < 4.78 is 5.79. The van der Waals surface area contributed by atoms with Gasteiger partial charge in [-0.2, -0.15) is 5.10 Å². The Morgan fingerprint density at radius 2 is 2.22 bits per heavy atom. The summed E-state index contributed by atoms with van der Waals surface area (Å²) in [7, 11) is 1.99. The fourth-order valence-corrected chi connectivity index (χ4v) is 3.61. The first kappa shape index (κ1) is 17.4. The van der Waals surface area contributed by atoms with Gasteiger partial charge in [-0.15, -0.1) is 10.2 Å². The van der Waals surface area contributed by atoms with Crippen molar-refractivity contribution in [2.75, 3.05) is 13.1 Å². The molecule has 1 unspecified atom stereocenters. The molecular weight excluding hydrogens is 344 g/mol. The molecule has 0 radical (unpaired) electrons. The number of nitrogens with zero attached hydrogens (tertiary/aromatic N) is 8. The van der Waals surface area contributed by atoms with Gasteiger partial charge >= 0.3 is 0 Å². The highest BCUT2D eigenvalue weighted by molar-refractivity contribution is 5.93. The second kappa shape index (κ2) is 7.34. The van der Waals surface area contributed by atoms with Crippen LogP contribution in [0, 0.1) is 0 Å². The molecule has 1 amide bonds. The molecule has 1 saturated heterocycles. The highest BCUT2D eigenvalue weighted by Crippen LogP contribution is 2.26. The predicted molar refractivity (Wildman–Crippen MR) is 98.1 cm³/mol. The van der Waals surface area contributed by atoms with E-state index >= 15 is 0 Å². The molecule has 3 aromatic rings. The minimum Gasteiger partial charge on any atom is -0.338 e. The molecule has 0 aliphatic carbocycles. The number of likely N-dealkylation sites (tertiary alicyclic amines) is 1. The van der Waals surface area contributed by atoms with E-state index in [1.807, 2.05) is 40.4 Å². The summed E-state index contributed by atoms with van der Waals surface area (Å²) in [6.45, 7) is 4.83. The van der Waals surface area contributed by atoms with Crippen LogP contribution in [-0.2, 0) is 20.1 Å². The van der Waals surface area contributed by atoms with E-state index in [1.165, 1.54) is 0 Å². The maximum atomic E-state index is 12.8. The summed E-state index contributed by atoms with van der Waals surface area (Å²) in [5.74, 6) is 2.06. The molecule has 0 spiro atoms. The van der Waals surface area contributed by atoms with Crippen molar-refractivity contribution in [3.05, 3.63) is 48.3 Å². The van der Waals surface area contributed by atoms with Crippen LogP contribution in [0.5, 0.6) is 0 Å². The van der Waals surface area contributed by atoms with Gasteiger partial charge in [0, 0.05) is 51.2 Å². The average Bonchev–Trinajstić information content (AvgIpc) is 3.44. The van der Waals surface area contributed by atoms with Crippen LogP contribution in [0.4, 0.5) is 0 Å². The summed E-state index contributed by atoms with van der Waals surface area (Å²) in [6, 6.07) is 0. The number of carbonyl (C=O) groups excluding carboxylic acids is 1. The molecule has 0 aromatic carbocycles. The smallest absolute Gasteiger partial charge is 0.257 e. The monoisotopic (exact) mass is 368 g/mol. The number of hydrogen-bond donors (Lipinski definition) is 0. The van der Waals surface area contributed by atoms with E-state index < -0.39 is 0 Å². The normalized spacial score (nSPS) is 17.4. The fourth-order valence-electron chi connectivity index (χ4n) is 3.61. The Labute approximate surface area is 157 Å². The van der Waals surface area contributed by atoms with Crippen molar-refractivity contribution in [2.45, 2.75) is 38.8 Å². The van der Waals surface area contributed by atoms with Gasteiger partial charge in [0.15, 0.2) is 5.82 Å². The van der Waals surface area contributed by atoms with Crippen LogP contribution in [0.3, 0.4) is 0 Å². The van der Waals surface area contributed by atoms with Crippen LogP contribution in [0.25, 0.3) is 0 Å². The van der Waals surface area contributed by atoms with Crippen molar-refractivity contribution in [3.8, 4) is 0 Å². The lowest BCUT2D eigenvalue weighted by atomic mass is 9.96. The Kier molecular flexibility index (Phi) is 4.74.